The molecule has 1 aliphatic rings. The molecule has 1 unspecified atom stereocenters. The fraction of sp³-hybridized carbons (Fsp3) is 0.625. The zero-order valence-corrected chi connectivity index (χ0v) is 8.29. The molecule has 1 atom stereocenters. The Morgan fingerprint density at radius 2 is 2.38 bits per heavy atom. The highest BCUT2D eigenvalue weighted by molar-refractivity contribution is 7.91. The van der Waals surface area contributed by atoms with Crippen molar-refractivity contribution in [1.82, 2.24) is 9.78 Å². The molecular formula is C8H12N2O2S. The molecule has 2 rings (SSSR count). The summed E-state index contributed by atoms with van der Waals surface area (Å²) in [6.07, 6.45) is 4.35. The molecular weight excluding hydrogens is 188 g/mol. The maximum absolute atomic E-state index is 11.2. The van der Waals surface area contributed by atoms with Gasteiger partial charge in [0.25, 0.3) is 0 Å². The van der Waals surface area contributed by atoms with Gasteiger partial charge in [0.1, 0.15) is 0 Å². The van der Waals surface area contributed by atoms with Gasteiger partial charge in [0.2, 0.25) is 0 Å². The average molecular weight is 200 g/mol. The average Bonchev–Trinajstić information content (AvgIpc) is 2.56. The first-order valence-corrected chi connectivity index (χ1v) is 6.10. The predicted octanol–water partition coefficient (Wildman–Crippen LogP) is 0.551. The second-order valence-electron chi connectivity index (χ2n) is 3.55. The van der Waals surface area contributed by atoms with Gasteiger partial charge in [-0.15, -0.1) is 0 Å². The van der Waals surface area contributed by atoms with E-state index in [4.69, 9.17) is 0 Å². The SMILES string of the molecule is Cc1cnn(C2CCS(=O)(=O)C2)c1. The predicted molar refractivity (Wildman–Crippen MR) is 49.3 cm³/mol. The normalized spacial score (nSPS) is 26.4. The van der Waals surface area contributed by atoms with E-state index in [9.17, 15) is 8.42 Å². The van der Waals surface area contributed by atoms with Crippen molar-refractivity contribution in [2.45, 2.75) is 19.4 Å². The molecule has 1 aromatic rings. The van der Waals surface area contributed by atoms with Gasteiger partial charge in [-0.2, -0.15) is 5.10 Å². The second-order valence-corrected chi connectivity index (χ2v) is 5.78. The lowest BCUT2D eigenvalue weighted by atomic mass is 10.3. The highest BCUT2D eigenvalue weighted by atomic mass is 32.2. The van der Waals surface area contributed by atoms with E-state index in [2.05, 4.69) is 5.10 Å². The molecule has 0 saturated carbocycles. The maximum atomic E-state index is 11.2. The molecule has 2 heterocycles. The number of rotatable bonds is 1. The van der Waals surface area contributed by atoms with Crippen LogP contribution in [-0.4, -0.2) is 29.7 Å². The minimum atomic E-state index is -2.80. The molecule has 0 radical (unpaired) electrons. The van der Waals surface area contributed by atoms with Gasteiger partial charge in [0.15, 0.2) is 9.84 Å². The topological polar surface area (TPSA) is 52.0 Å². The van der Waals surface area contributed by atoms with Crippen LogP contribution in [0.2, 0.25) is 0 Å². The first-order valence-electron chi connectivity index (χ1n) is 4.28. The van der Waals surface area contributed by atoms with Crippen LogP contribution in [0.25, 0.3) is 0 Å². The Morgan fingerprint density at radius 1 is 1.62 bits per heavy atom. The molecule has 4 nitrogen and oxygen atoms in total. The molecule has 0 aliphatic carbocycles. The smallest absolute Gasteiger partial charge is 0.152 e. The fourth-order valence-electron chi connectivity index (χ4n) is 1.62. The van der Waals surface area contributed by atoms with Gasteiger partial charge < -0.3 is 0 Å². The van der Waals surface area contributed by atoms with Crippen LogP contribution in [0.15, 0.2) is 12.4 Å². The van der Waals surface area contributed by atoms with Gasteiger partial charge in [-0.3, -0.25) is 4.68 Å². The van der Waals surface area contributed by atoms with E-state index in [-0.39, 0.29) is 11.8 Å². The summed E-state index contributed by atoms with van der Waals surface area (Å²) in [4.78, 5) is 0. The number of sulfone groups is 1. The molecule has 72 valence electrons. The highest BCUT2D eigenvalue weighted by Gasteiger charge is 2.29. The summed E-state index contributed by atoms with van der Waals surface area (Å²) < 4.78 is 24.1. The standard InChI is InChI=1S/C8H12N2O2S/c1-7-4-9-10(5-7)8-2-3-13(11,12)6-8/h4-5,8H,2-3,6H2,1H3. The van der Waals surface area contributed by atoms with Crippen LogP contribution in [0, 0.1) is 6.92 Å². The highest BCUT2D eigenvalue weighted by Crippen LogP contribution is 2.22. The summed E-state index contributed by atoms with van der Waals surface area (Å²) in [7, 11) is -2.80. The van der Waals surface area contributed by atoms with Crippen LogP contribution < -0.4 is 0 Å². The Balaban J connectivity index is 2.21. The van der Waals surface area contributed by atoms with Gasteiger partial charge in [-0.25, -0.2) is 8.42 Å². The third-order valence-electron chi connectivity index (χ3n) is 2.31. The Morgan fingerprint density at radius 3 is 2.85 bits per heavy atom. The van der Waals surface area contributed by atoms with Crippen LogP contribution in [0.5, 0.6) is 0 Å². The molecule has 1 aromatic heterocycles. The van der Waals surface area contributed by atoms with Crippen molar-refractivity contribution < 1.29 is 8.42 Å². The molecule has 0 spiro atoms. The van der Waals surface area contributed by atoms with Crippen molar-refractivity contribution in [3.05, 3.63) is 18.0 Å². The number of aryl methyl sites for hydroxylation is 1. The van der Waals surface area contributed by atoms with Crippen molar-refractivity contribution >= 4 is 9.84 Å². The quantitative estimate of drug-likeness (QED) is 0.665. The monoisotopic (exact) mass is 200 g/mol. The maximum Gasteiger partial charge on any atom is 0.152 e. The first kappa shape index (κ1) is 8.74. The van der Waals surface area contributed by atoms with Crippen LogP contribution in [0.3, 0.4) is 0 Å². The van der Waals surface area contributed by atoms with Gasteiger partial charge in [-0.05, 0) is 18.9 Å². The second kappa shape index (κ2) is 2.83. The number of hydrogen-bond acceptors (Lipinski definition) is 3. The van der Waals surface area contributed by atoms with Crippen LogP contribution in [-0.2, 0) is 9.84 Å². The zero-order chi connectivity index (χ0) is 9.47. The van der Waals surface area contributed by atoms with Gasteiger partial charge in [-0.1, -0.05) is 0 Å². The minimum Gasteiger partial charge on any atom is -0.268 e. The summed E-state index contributed by atoms with van der Waals surface area (Å²) in [6, 6.07) is 0.0544. The van der Waals surface area contributed by atoms with Crippen molar-refractivity contribution in [1.29, 1.82) is 0 Å². The third kappa shape index (κ3) is 1.75. The third-order valence-corrected chi connectivity index (χ3v) is 4.06. The summed E-state index contributed by atoms with van der Waals surface area (Å²) >= 11 is 0. The Kier molecular flexibility index (Phi) is 1.91. The summed E-state index contributed by atoms with van der Waals surface area (Å²) in [5, 5.41) is 4.12. The Hall–Kier alpha value is -0.840. The lowest BCUT2D eigenvalue weighted by Crippen LogP contribution is -2.11. The van der Waals surface area contributed by atoms with Gasteiger partial charge in [0, 0.05) is 6.20 Å². The van der Waals surface area contributed by atoms with E-state index in [1.165, 1.54) is 0 Å². The number of hydrogen-bond donors (Lipinski definition) is 0. The summed E-state index contributed by atoms with van der Waals surface area (Å²) in [6.45, 7) is 1.95. The fourth-order valence-corrected chi connectivity index (χ4v) is 3.32. The lowest BCUT2D eigenvalue weighted by Gasteiger charge is -2.06. The summed E-state index contributed by atoms with van der Waals surface area (Å²) in [5.74, 6) is 0.546. The number of nitrogens with zero attached hydrogens (tertiary/aromatic N) is 2. The van der Waals surface area contributed by atoms with Gasteiger partial charge >= 0.3 is 0 Å². The molecule has 1 saturated heterocycles. The zero-order valence-electron chi connectivity index (χ0n) is 7.47. The van der Waals surface area contributed by atoms with E-state index in [1.807, 2.05) is 13.1 Å². The summed E-state index contributed by atoms with van der Waals surface area (Å²) in [5.41, 5.74) is 1.07. The minimum absolute atomic E-state index is 0.0544. The van der Waals surface area contributed by atoms with Crippen molar-refractivity contribution in [2.24, 2.45) is 0 Å². The largest absolute Gasteiger partial charge is 0.268 e. The molecule has 0 amide bonds. The molecule has 1 aliphatic heterocycles. The van der Waals surface area contributed by atoms with E-state index < -0.39 is 9.84 Å². The molecule has 13 heavy (non-hydrogen) atoms. The van der Waals surface area contributed by atoms with E-state index in [1.54, 1.807) is 10.9 Å². The van der Waals surface area contributed by atoms with Crippen LogP contribution in [0.1, 0.15) is 18.0 Å². The van der Waals surface area contributed by atoms with E-state index in [0.29, 0.717) is 12.2 Å². The molecule has 0 N–H and O–H groups in total. The van der Waals surface area contributed by atoms with E-state index in [0.717, 1.165) is 5.56 Å². The lowest BCUT2D eigenvalue weighted by molar-refractivity contribution is 0.499. The van der Waals surface area contributed by atoms with Crippen LogP contribution in [0.4, 0.5) is 0 Å². The van der Waals surface area contributed by atoms with Crippen molar-refractivity contribution in [3.8, 4) is 0 Å². The molecule has 0 bridgehead atoms. The molecule has 1 fully saturated rings. The van der Waals surface area contributed by atoms with Crippen molar-refractivity contribution in [2.75, 3.05) is 11.5 Å². The molecule has 5 heteroatoms. The first-order chi connectivity index (χ1) is 6.07. The van der Waals surface area contributed by atoms with Crippen LogP contribution >= 0.6 is 0 Å². The molecule has 0 aromatic carbocycles. The van der Waals surface area contributed by atoms with Gasteiger partial charge in [0.05, 0.1) is 23.7 Å². The Bertz CT molecular complexity index is 408. The van der Waals surface area contributed by atoms with Crippen molar-refractivity contribution in [3.63, 3.8) is 0 Å². The Labute approximate surface area is 77.5 Å². The van der Waals surface area contributed by atoms with E-state index >= 15 is 0 Å². The number of aromatic nitrogens is 2.